The topological polar surface area (TPSA) is 50.4 Å². The normalized spacial score (nSPS) is 12.9. The Balaban J connectivity index is 2.80. The molecule has 0 aliphatic rings. The molecule has 0 aliphatic heterocycles. The molecule has 1 aromatic rings. The van der Waals surface area contributed by atoms with Gasteiger partial charge in [0.15, 0.2) is 0 Å². The summed E-state index contributed by atoms with van der Waals surface area (Å²) in [5.74, 6) is 0. The van der Waals surface area contributed by atoms with Gasteiger partial charge in [-0.25, -0.2) is 10.3 Å². The Bertz CT molecular complexity index is 421. The molecule has 1 rings (SSSR count). The predicted octanol–water partition coefficient (Wildman–Crippen LogP) is 2.63. The Morgan fingerprint density at radius 1 is 1.39 bits per heavy atom. The van der Waals surface area contributed by atoms with Crippen molar-refractivity contribution >= 4 is 6.03 Å². The van der Waals surface area contributed by atoms with Crippen LogP contribution >= 0.6 is 0 Å². The van der Waals surface area contributed by atoms with Gasteiger partial charge in [-0.2, -0.15) is 13.2 Å². The van der Waals surface area contributed by atoms with Crippen LogP contribution in [-0.2, 0) is 11.0 Å². The number of alkyl halides is 3. The van der Waals surface area contributed by atoms with Gasteiger partial charge in [0.2, 0.25) is 0 Å². The largest absolute Gasteiger partial charge is 0.416 e. The second-order valence-electron chi connectivity index (χ2n) is 3.62. The summed E-state index contributed by atoms with van der Waals surface area (Å²) in [5, 5.41) is 2.43. The van der Waals surface area contributed by atoms with Crippen LogP contribution < -0.4 is 10.8 Å². The van der Waals surface area contributed by atoms with E-state index in [4.69, 9.17) is 0 Å². The van der Waals surface area contributed by atoms with Gasteiger partial charge in [-0.05, 0) is 24.6 Å². The number of benzene rings is 1. The van der Waals surface area contributed by atoms with E-state index in [1.54, 1.807) is 6.92 Å². The SMILES string of the molecule is CONC(=O)NC(C)c1cccc(C(F)(F)F)c1. The highest BCUT2D eigenvalue weighted by atomic mass is 19.4. The van der Waals surface area contributed by atoms with Crippen LogP contribution in [0.4, 0.5) is 18.0 Å². The highest BCUT2D eigenvalue weighted by Crippen LogP contribution is 2.30. The fourth-order valence-electron chi connectivity index (χ4n) is 1.39. The number of nitrogens with one attached hydrogen (secondary N) is 2. The zero-order valence-electron chi connectivity index (χ0n) is 9.84. The molecule has 2 N–H and O–H groups in total. The molecule has 0 saturated carbocycles. The molecule has 0 heterocycles. The van der Waals surface area contributed by atoms with E-state index in [1.807, 2.05) is 5.48 Å². The molecule has 2 amide bonds. The quantitative estimate of drug-likeness (QED) is 0.823. The maximum Gasteiger partial charge on any atom is 0.416 e. The number of halogens is 3. The van der Waals surface area contributed by atoms with Crippen molar-refractivity contribution in [2.75, 3.05) is 7.11 Å². The van der Waals surface area contributed by atoms with Crippen LogP contribution in [-0.4, -0.2) is 13.1 Å². The molecular formula is C11H13F3N2O2. The number of hydrogen-bond acceptors (Lipinski definition) is 2. The Morgan fingerprint density at radius 2 is 2.06 bits per heavy atom. The summed E-state index contributed by atoms with van der Waals surface area (Å²) >= 11 is 0. The third-order valence-electron chi connectivity index (χ3n) is 2.26. The Kier molecular flexibility index (Phi) is 4.55. The molecule has 0 spiro atoms. The molecule has 1 unspecified atom stereocenters. The molecule has 100 valence electrons. The van der Waals surface area contributed by atoms with E-state index in [2.05, 4.69) is 10.2 Å². The van der Waals surface area contributed by atoms with Crippen LogP contribution in [0.1, 0.15) is 24.1 Å². The van der Waals surface area contributed by atoms with Gasteiger partial charge in [0, 0.05) is 0 Å². The van der Waals surface area contributed by atoms with Crippen LogP contribution in [0.5, 0.6) is 0 Å². The van der Waals surface area contributed by atoms with E-state index < -0.39 is 23.8 Å². The van der Waals surface area contributed by atoms with Crippen LogP contribution in [0, 0.1) is 0 Å². The molecule has 0 fully saturated rings. The van der Waals surface area contributed by atoms with Gasteiger partial charge in [-0.15, -0.1) is 0 Å². The Hall–Kier alpha value is -1.76. The predicted molar refractivity (Wildman–Crippen MR) is 58.5 cm³/mol. The number of carbonyl (C=O) groups excluding carboxylic acids is 1. The van der Waals surface area contributed by atoms with Crippen molar-refractivity contribution in [2.45, 2.75) is 19.1 Å². The first-order valence-corrected chi connectivity index (χ1v) is 5.11. The van der Waals surface area contributed by atoms with Crippen molar-refractivity contribution in [1.82, 2.24) is 10.8 Å². The standard InChI is InChI=1S/C11H13F3N2O2/c1-7(15-10(17)16-18-2)8-4-3-5-9(6-8)11(12,13)14/h3-7H,1-2H3,(H2,15,16,17). The molecule has 1 aromatic carbocycles. The summed E-state index contributed by atoms with van der Waals surface area (Å²) in [6, 6.07) is 3.59. The first-order valence-electron chi connectivity index (χ1n) is 5.11. The van der Waals surface area contributed by atoms with Gasteiger partial charge in [0.1, 0.15) is 0 Å². The van der Waals surface area contributed by atoms with Gasteiger partial charge < -0.3 is 5.32 Å². The number of urea groups is 1. The van der Waals surface area contributed by atoms with E-state index in [1.165, 1.54) is 19.2 Å². The molecule has 4 nitrogen and oxygen atoms in total. The van der Waals surface area contributed by atoms with Crippen LogP contribution in [0.3, 0.4) is 0 Å². The minimum absolute atomic E-state index is 0.357. The van der Waals surface area contributed by atoms with Crippen molar-refractivity contribution < 1.29 is 22.8 Å². The number of hydroxylamine groups is 1. The maximum absolute atomic E-state index is 12.5. The highest BCUT2D eigenvalue weighted by Gasteiger charge is 2.30. The zero-order valence-corrected chi connectivity index (χ0v) is 9.84. The van der Waals surface area contributed by atoms with E-state index >= 15 is 0 Å². The van der Waals surface area contributed by atoms with Gasteiger partial charge in [-0.3, -0.25) is 4.84 Å². The molecular weight excluding hydrogens is 249 g/mol. The number of carbonyl (C=O) groups is 1. The molecule has 0 aromatic heterocycles. The highest BCUT2D eigenvalue weighted by molar-refractivity contribution is 5.73. The van der Waals surface area contributed by atoms with Crippen molar-refractivity contribution in [3.63, 3.8) is 0 Å². The summed E-state index contributed by atoms with van der Waals surface area (Å²) in [5.41, 5.74) is 1.63. The molecule has 0 aliphatic carbocycles. The van der Waals surface area contributed by atoms with E-state index in [0.29, 0.717) is 5.56 Å². The lowest BCUT2D eigenvalue weighted by molar-refractivity contribution is -0.137. The average molecular weight is 262 g/mol. The van der Waals surface area contributed by atoms with Gasteiger partial charge >= 0.3 is 12.2 Å². The lowest BCUT2D eigenvalue weighted by atomic mass is 10.1. The average Bonchev–Trinajstić information content (AvgIpc) is 2.28. The smallest absolute Gasteiger partial charge is 0.330 e. The van der Waals surface area contributed by atoms with E-state index in [0.717, 1.165) is 12.1 Å². The third kappa shape index (κ3) is 3.92. The maximum atomic E-state index is 12.5. The van der Waals surface area contributed by atoms with Crippen molar-refractivity contribution in [3.05, 3.63) is 35.4 Å². The van der Waals surface area contributed by atoms with Crippen LogP contribution in [0.15, 0.2) is 24.3 Å². The van der Waals surface area contributed by atoms with Crippen molar-refractivity contribution in [2.24, 2.45) is 0 Å². The lowest BCUT2D eigenvalue weighted by Crippen LogP contribution is -2.36. The lowest BCUT2D eigenvalue weighted by Gasteiger charge is -2.16. The van der Waals surface area contributed by atoms with Crippen molar-refractivity contribution in [3.8, 4) is 0 Å². The third-order valence-corrected chi connectivity index (χ3v) is 2.26. The van der Waals surface area contributed by atoms with E-state index in [9.17, 15) is 18.0 Å². The summed E-state index contributed by atoms with van der Waals surface area (Å²) in [6.07, 6.45) is -4.40. The van der Waals surface area contributed by atoms with Gasteiger partial charge in [0.05, 0.1) is 18.7 Å². The van der Waals surface area contributed by atoms with E-state index in [-0.39, 0.29) is 0 Å². The molecule has 0 bridgehead atoms. The summed E-state index contributed by atoms with van der Waals surface area (Å²) in [4.78, 5) is 15.5. The molecule has 7 heteroatoms. The monoisotopic (exact) mass is 262 g/mol. The Morgan fingerprint density at radius 3 is 2.61 bits per heavy atom. The second-order valence-corrected chi connectivity index (χ2v) is 3.62. The molecule has 1 atom stereocenters. The molecule has 18 heavy (non-hydrogen) atoms. The summed E-state index contributed by atoms with van der Waals surface area (Å²) < 4.78 is 37.5. The second kappa shape index (κ2) is 5.72. The first kappa shape index (κ1) is 14.3. The molecule has 0 radical (unpaired) electrons. The van der Waals surface area contributed by atoms with Crippen LogP contribution in [0.2, 0.25) is 0 Å². The minimum atomic E-state index is -4.40. The molecule has 0 saturated heterocycles. The van der Waals surface area contributed by atoms with Crippen molar-refractivity contribution in [1.29, 1.82) is 0 Å². The Labute approximate surface area is 102 Å². The fourth-order valence-corrected chi connectivity index (χ4v) is 1.39. The van der Waals surface area contributed by atoms with Gasteiger partial charge in [-0.1, -0.05) is 12.1 Å². The number of amides is 2. The zero-order chi connectivity index (χ0) is 13.8. The number of hydrogen-bond donors (Lipinski definition) is 2. The van der Waals surface area contributed by atoms with Gasteiger partial charge in [0.25, 0.3) is 0 Å². The summed E-state index contributed by atoms with van der Waals surface area (Å²) in [6.45, 7) is 1.57. The van der Waals surface area contributed by atoms with Crippen LogP contribution in [0.25, 0.3) is 0 Å². The summed E-state index contributed by atoms with van der Waals surface area (Å²) in [7, 11) is 1.26. The minimum Gasteiger partial charge on any atom is -0.330 e. The fraction of sp³-hybridized carbons (Fsp3) is 0.364. The number of rotatable bonds is 3. The first-order chi connectivity index (χ1) is 8.34.